The van der Waals surface area contributed by atoms with E-state index in [0.717, 1.165) is 32.8 Å². The molecule has 148 valence electrons. The van der Waals surface area contributed by atoms with Crippen molar-refractivity contribution in [3.8, 4) is 17.2 Å². The van der Waals surface area contributed by atoms with Crippen molar-refractivity contribution in [1.82, 2.24) is 29.4 Å². The second-order valence-electron chi connectivity index (χ2n) is 6.41. The molecular formula is C18H22N6O4. The molecule has 0 radical (unpaired) electrons. The van der Waals surface area contributed by atoms with Crippen LogP contribution < -0.4 is 15.0 Å². The fraction of sp³-hybridized carbons (Fsp3) is 0.444. The Balaban J connectivity index is 1.62. The highest BCUT2D eigenvalue weighted by Crippen LogP contribution is 2.29. The normalized spacial score (nSPS) is 15.1. The Bertz CT molecular complexity index is 1020. The molecule has 4 rings (SSSR count). The third-order valence-electron chi connectivity index (χ3n) is 4.80. The molecule has 0 amide bonds. The SMILES string of the molecule is COc1ccc(-n2nnc3c(=O)n(CCN4CCOCC4)cnc32)cc1OC. The summed E-state index contributed by atoms with van der Waals surface area (Å²) in [5.41, 5.74) is 1.11. The summed E-state index contributed by atoms with van der Waals surface area (Å²) in [4.78, 5) is 19.5. The number of ether oxygens (including phenoxy) is 3. The number of benzene rings is 1. The van der Waals surface area contributed by atoms with Crippen LogP contribution in [0.25, 0.3) is 16.9 Å². The van der Waals surface area contributed by atoms with E-state index in [1.807, 2.05) is 0 Å². The molecule has 0 bridgehead atoms. The van der Waals surface area contributed by atoms with E-state index in [1.165, 1.54) is 4.68 Å². The quantitative estimate of drug-likeness (QED) is 0.598. The molecule has 0 N–H and O–H groups in total. The molecule has 1 fully saturated rings. The van der Waals surface area contributed by atoms with Gasteiger partial charge in [0, 0.05) is 32.2 Å². The standard InChI is InChI=1S/C18H22N6O4/c1-26-14-4-3-13(11-15(14)27-2)24-17-16(20-21-24)18(25)23(12-19-17)6-5-22-7-9-28-10-8-22/h3-4,11-12H,5-10H2,1-2H3. The third-order valence-corrected chi connectivity index (χ3v) is 4.80. The minimum Gasteiger partial charge on any atom is -0.493 e. The lowest BCUT2D eigenvalue weighted by Crippen LogP contribution is -2.39. The van der Waals surface area contributed by atoms with Crippen LogP contribution in [0.4, 0.5) is 0 Å². The highest BCUT2D eigenvalue weighted by molar-refractivity contribution is 5.70. The first-order valence-electron chi connectivity index (χ1n) is 9.04. The Labute approximate surface area is 161 Å². The van der Waals surface area contributed by atoms with Gasteiger partial charge >= 0.3 is 0 Å². The summed E-state index contributed by atoms with van der Waals surface area (Å²) in [5.74, 6) is 1.16. The first-order chi connectivity index (χ1) is 13.7. The number of methoxy groups -OCH3 is 2. The van der Waals surface area contributed by atoms with Gasteiger partial charge in [0.15, 0.2) is 22.7 Å². The molecule has 0 aliphatic carbocycles. The van der Waals surface area contributed by atoms with E-state index < -0.39 is 0 Å². The van der Waals surface area contributed by atoms with Gasteiger partial charge < -0.3 is 14.2 Å². The highest BCUT2D eigenvalue weighted by atomic mass is 16.5. The molecule has 0 spiro atoms. The van der Waals surface area contributed by atoms with E-state index >= 15 is 0 Å². The van der Waals surface area contributed by atoms with Crippen molar-refractivity contribution in [2.75, 3.05) is 47.1 Å². The Morgan fingerprint density at radius 2 is 1.89 bits per heavy atom. The van der Waals surface area contributed by atoms with Crippen molar-refractivity contribution in [3.63, 3.8) is 0 Å². The molecule has 3 heterocycles. The number of rotatable bonds is 6. The molecule has 0 saturated carbocycles. The van der Waals surface area contributed by atoms with Gasteiger partial charge in [-0.2, -0.15) is 4.68 Å². The van der Waals surface area contributed by atoms with E-state index in [4.69, 9.17) is 14.2 Å². The molecule has 1 aliphatic rings. The van der Waals surface area contributed by atoms with Crippen molar-refractivity contribution < 1.29 is 14.2 Å². The van der Waals surface area contributed by atoms with Crippen molar-refractivity contribution >= 4 is 11.2 Å². The van der Waals surface area contributed by atoms with Gasteiger partial charge in [-0.1, -0.05) is 5.21 Å². The number of fused-ring (bicyclic) bond motifs is 1. The van der Waals surface area contributed by atoms with Crippen LogP contribution in [0.2, 0.25) is 0 Å². The van der Waals surface area contributed by atoms with Crippen LogP contribution in [-0.2, 0) is 11.3 Å². The van der Waals surface area contributed by atoms with E-state index in [1.54, 1.807) is 43.3 Å². The van der Waals surface area contributed by atoms with Gasteiger partial charge in [0.2, 0.25) is 0 Å². The van der Waals surface area contributed by atoms with E-state index in [-0.39, 0.29) is 11.1 Å². The molecule has 28 heavy (non-hydrogen) atoms. The average Bonchev–Trinajstić information content (AvgIpc) is 3.18. The number of morpholine rings is 1. The van der Waals surface area contributed by atoms with Crippen LogP contribution in [0.5, 0.6) is 11.5 Å². The summed E-state index contributed by atoms with van der Waals surface area (Å²) in [7, 11) is 3.13. The Morgan fingerprint density at radius 1 is 1.11 bits per heavy atom. The molecule has 3 aromatic rings. The van der Waals surface area contributed by atoms with Crippen LogP contribution in [-0.4, -0.2) is 76.5 Å². The van der Waals surface area contributed by atoms with Gasteiger partial charge in [-0.15, -0.1) is 5.10 Å². The predicted molar refractivity (Wildman–Crippen MR) is 101 cm³/mol. The lowest BCUT2D eigenvalue weighted by Gasteiger charge is -2.26. The zero-order valence-electron chi connectivity index (χ0n) is 15.9. The summed E-state index contributed by atoms with van der Waals surface area (Å²) < 4.78 is 19.0. The molecule has 1 saturated heterocycles. The van der Waals surface area contributed by atoms with Crippen molar-refractivity contribution in [2.24, 2.45) is 0 Å². The van der Waals surface area contributed by atoms with Crippen molar-refractivity contribution in [1.29, 1.82) is 0 Å². The molecular weight excluding hydrogens is 364 g/mol. The Morgan fingerprint density at radius 3 is 2.64 bits per heavy atom. The van der Waals surface area contributed by atoms with Crippen LogP contribution in [0.15, 0.2) is 29.3 Å². The van der Waals surface area contributed by atoms with Gasteiger partial charge in [0.25, 0.3) is 5.56 Å². The van der Waals surface area contributed by atoms with Gasteiger partial charge in [0.1, 0.15) is 6.33 Å². The predicted octanol–water partition coefficient (Wildman–Crippen LogP) is 0.327. The minimum absolute atomic E-state index is 0.204. The fourth-order valence-electron chi connectivity index (χ4n) is 3.21. The maximum absolute atomic E-state index is 12.8. The Hall–Kier alpha value is -2.98. The largest absolute Gasteiger partial charge is 0.493 e. The molecule has 0 atom stereocenters. The molecule has 1 aliphatic heterocycles. The average molecular weight is 386 g/mol. The number of hydrogen-bond acceptors (Lipinski definition) is 8. The van der Waals surface area contributed by atoms with Crippen LogP contribution in [0.1, 0.15) is 0 Å². The van der Waals surface area contributed by atoms with Gasteiger partial charge in [0.05, 0.1) is 33.1 Å². The second-order valence-corrected chi connectivity index (χ2v) is 6.41. The van der Waals surface area contributed by atoms with E-state index in [9.17, 15) is 4.79 Å². The van der Waals surface area contributed by atoms with Crippen molar-refractivity contribution in [2.45, 2.75) is 6.54 Å². The lowest BCUT2D eigenvalue weighted by atomic mass is 10.2. The summed E-state index contributed by atoms with van der Waals surface area (Å²) in [6, 6.07) is 5.34. The maximum atomic E-state index is 12.8. The number of hydrogen-bond donors (Lipinski definition) is 0. The lowest BCUT2D eigenvalue weighted by molar-refractivity contribution is 0.0362. The number of aromatic nitrogens is 5. The first kappa shape index (κ1) is 18.4. The minimum atomic E-state index is -0.204. The second kappa shape index (κ2) is 7.95. The third kappa shape index (κ3) is 3.43. The maximum Gasteiger partial charge on any atom is 0.283 e. The summed E-state index contributed by atoms with van der Waals surface area (Å²) in [5, 5.41) is 8.18. The number of nitrogens with zero attached hydrogens (tertiary/aromatic N) is 6. The molecule has 2 aromatic heterocycles. The zero-order chi connectivity index (χ0) is 19.5. The fourth-order valence-corrected chi connectivity index (χ4v) is 3.21. The first-order valence-corrected chi connectivity index (χ1v) is 9.04. The topological polar surface area (TPSA) is 96.5 Å². The van der Waals surface area contributed by atoms with E-state index in [0.29, 0.717) is 29.4 Å². The molecule has 10 nitrogen and oxygen atoms in total. The zero-order valence-corrected chi connectivity index (χ0v) is 15.9. The van der Waals surface area contributed by atoms with Crippen molar-refractivity contribution in [3.05, 3.63) is 34.9 Å². The Kier molecular flexibility index (Phi) is 5.22. The van der Waals surface area contributed by atoms with Gasteiger partial charge in [-0.25, -0.2) is 4.98 Å². The van der Waals surface area contributed by atoms with Gasteiger partial charge in [-0.05, 0) is 12.1 Å². The van der Waals surface area contributed by atoms with Crippen LogP contribution in [0, 0.1) is 0 Å². The molecule has 0 unspecified atom stereocenters. The molecule has 1 aromatic carbocycles. The monoisotopic (exact) mass is 386 g/mol. The summed E-state index contributed by atoms with van der Waals surface area (Å²) in [6.07, 6.45) is 1.55. The van der Waals surface area contributed by atoms with Gasteiger partial charge in [-0.3, -0.25) is 14.3 Å². The smallest absolute Gasteiger partial charge is 0.283 e. The van der Waals surface area contributed by atoms with E-state index in [2.05, 4.69) is 20.2 Å². The molecule has 10 heteroatoms. The summed E-state index contributed by atoms with van der Waals surface area (Å²) in [6.45, 7) is 4.52. The highest BCUT2D eigenvalue weighted by Gasteiger charge is 2.16. The van der Waals surface area contributed by atoms with Crippen LogP contribution >= 0.6 is 0 Å². The van der Waals surface area contributed by atoms with Crippen LogP contribution in [0.3, 0.4) is 0 Å². The summed E-state index contributed by atoms with van der Waals surface area (Å²) >= 11 is 0.